The van der Waals surface area contributed by atoms with E-state index < -0.39 is 54.3 Å². The second-order valence-corrected chi connectivity index (χ2v) is 9.02. The van der Waals surface area contributed by atoms with Gasteiger partial charge in [0, 0.05) is 6.42 Å². The van der Waals surface area contributed by atoms with Gasteiger partial charge in [0.25, 0.3) is 0 Å². The Morgan fingerprint density at radius 3 is 2.12 bits per heavy atom. The summed E-state index contributed by atoms with van der Waals surface area (Å²) < 4.78 is 0. The van der Waals surface area contributed by atoms with Gasteiger partial charge in [0.15, 0.2) is 0 Å². The second-order valence-electron chi connectivity index (χ2n) is 9.02. The predicted molar refractivity (Wildman–Crippen MR) is 124 cm³/mol. The van der Waals surface area contributed by atoms with Gasteiger partial charge in [-0.3, -0.25) is 19.2 Å². The minimum absolute atomic E-state index is 0.0535. The molecule has 3 amide bonds. The number of nitrogens with one attached hydrogen (secondary N) is 4. The molecule has 0 aromatic heterocycles. The van der Waals surface area contributed by atoms with E-state index in [1.807, 2.05) is 13.8 Å². The fourth-order valence-corrected chi connectivity index (χ4v) is 3.71. The van der Waals surface area contributed by atoms with Crippen molar-refractivity contribution in [3.63, 3.8) is 0 Å². The van der Waals surface area contributed by atoms with Crippen LogP contribution in [0, 0.1) is 5.92 Å². The molecule has 12 heteroatoms. The number of unbranched alkanes of at least 4 members (excludes halogenated alkanes) is 1. The van der Waals surface area contributed by atoms with Crippen molar-refractivity contribution < 1.29 is 34.2 Å². The Kier molecular flexibility index (Phi) is 13.1. The molecule has 1 aliphatic rings. The normalized spacial score (nSPS) is 18.1. The summed E-state index contributed by atoms with van der Waals surface area (Å²) in [7, 11) is 0. The zero-order chi connectivity index (χ0) is 25.7. The van der Waals surface area contributed by atoms with Gasteiger partial charge in [-0.05, 0) is 64.0 Å². The van der Waals surface area contributed by atoms with Crippen LogP contribution in [0.5, 0.6) is 0 Å². The highest BCUT2D eigenvalue weighted by atomic mass is 16.4. The molecule has 12 nitrogen and oxygen atoms in total. The van der Waals surface area contributed by atoms with Crippen LogP contribution in [-0.2, 0) is 24.0 Å². The van der Waals surface area contributed by atoms with E-state index in [0.29, 0.717) is 38.8 Å². The van der Waals surface area contributed by atoms with Crippen LogP contribution in [0.25, 0.3) is 0 Å². The Morgan fingerprint density at radius 1 is 0.941 bits per heavy atom. The molecular weight excluding hydrogens is 446 g/mol. The van der Waals surface area contributed by atoms with Crippen LogP contribution in [-0.4, -0.2) is 77.1 Å². The number of hydrogen-bond donors (Lipinski definition) is 7. The van der Waals surface area contributed by atoms with E-state index in [1.54, 1.807) is 0 Å². The van der Waals surface area contributed by atoms with Gasteiger partial charge in [-0.1, -0.05) is 13.8 Å². The first-order valence-corrected chi connectivity index (χ1v) is 11.8. The van der Waals surface area contributed by atoms with E-state index >= 15 is 0 Å². The summed E-state index contributed by atoms with van der Waals surface area (Å²) in [6.07, 6.45) is 2.42. The lowest BCUT2D eigenvalue weighted by Crippen LogP contribution is -2.57. The number of amides is 3. The maximum absolute atomic E-state index is 13.0. The molecule has 0 aromatic carbocycles. The van der Waals surface area contributed by atoms with Crippen LogP contribution in [0.15, 0.2) is 0 Å². The monoisotopic (exact) mass is 485 g/mol. The van der Waals surface area contributed by atoms with Crippen LogP contribution in [0.1, 0.15) is 65.2 Å². The number of carbonyl (C=O) groups excluding carboxylic acids is 3. The lowest BCUT2D eigenvalue weighted by molar-refractivity contribution is -0.143. The number of carbonyl (C=O) groups is 5. The van der Waals surface area contributed by atoms with Gasteiger partial charge in [-0.2, -0.15) is 0 Å². The molecule has 1 heterocycles. The van der Waals surface area contributed by atoms with Crippen molar-refractivity contribution in [3.05, 3.63) is 0 Å². The smallest absolute Gasteiger partial charge is 0.326 e. The molecule has 0 aliphatic carbocycles. The largest absolute Gasteiger partial charge is 0.481 e. The maximum atomic E-state index is 13.0. The minimum atomic E-state index is -1.27. The van der Waals surface area contributed by atoms with Crippen molar-refractivity contribution in [1.29, 1.82) is 0 Å². The van der Waals surface area contributed by atoms with Crippen molar-refractivity contribution in [3.8, 4) is 0 Å². The van der Waals surface area contributed by atoms with Gasteiger partial charge in [0.2, 0.25) is 17.7 Å². The lowest BCUT2D eigenvalue weighted by atomic mass is 10.0. The number of nitrogens with two attached hydrogens (primary N) is 1. The van der Waals surface area contributed by atoms with Gasteiger partial charge < -0.3 is 37.2 Å². The van der Waals surface area contributed by atoms with Crippen LogP contribution in [0.2, 0.25) is 0 Å². The lowest BCUT2D eigenvalue weighted by Gasteiger charge is -2.26. The van der Waals surface area contributed by atoms with E-state index in [1.165, 1.54) is 0 Å². The molecule has 4 unspecified atom stereocenters. The third-order valence-corrected chi connectivity index (χ3v) is 5.56. The molecule has 1 saturated heterocycles. The molecule has 1 aliphatic heterocycles. The standard InChI is InChI=1S/C22H39N5O7/c1-13(2)12-17(27-19(30)14-7-5-11-24-14)21(32)25-15(8-9-18(28)29)20(31)26-16(22(33)34)6-3-4-10-23/h13-17,24H,3-12,23H2,1-2H3,(H,25,32)(H,26,31)(H,27,30)(H,28,29)(H,33,34). The SMILES string of the molecule is CC(C)CC(NC(=O)C1CCCN1)C(=O)NC(CCC(=O)O)C(=O)NC(CCCCN)C(=O)O. The third-order valence-electron chi connectivity index (χ3n) is 5.56. The van der Waals surface area contributed by atoms with E-state index in [4.69, 9.17) is 10.8 Å². The number of carboxylic acids is 2. The zero-order valence-corrected chi connectivity index (χ0v) is 20.0. The number of aliphatic carboxylic acids is 2. The molecular formula is C22H39N5O7. The van der Waals surface area contributed by atoms with Gasteiger partial charge in [-0.15, -0.1) is 0 Å². The second kappa shape index (κ2) is 15.2. The van der Waals surface area contributed by atoms with Gasteiger partial charge in [0.1, 0.15) is 18.1 Å². The Balaban J connectivity index is 2.91. The summed E-state index contributed by atoms with van der Waals surface area (Å²) in [4.78, 5) is 61.0. The van der Waals surface area contributed by atoms with Crippen LogP contribution in [0.4, 0.5) is 0 Å². The molecule has 8 N–H and O–H groups in total. The van der Waals surface area contributed by atoms with Crippen molar-refractivity contribution in [2.45, 2.75) is 89.4 Å². The summed E-state index contributed by atoms with van der Waals surface area (Å²) in [6.45, 7) is 4.87. The molecule has 1 fully saturated rings. The number of rotatable bonds is 16. The fraction of sp³-hybridized carbons (Fsp3) is 0.773. The summed E-state index contributed by atoms with van der Waals surface area (Å²) in [6, 6.07) is -3.77. The summed E-state index contributed by atoms with van der Waals surface area (Å²) in [5.41, 5.74) is 5.43. The predicted octanol–water partition coefficient (Wildman–Crippen LogP) is -0.683. The molecule has 0 bridgehead atoms. The first-order valence-electron chi connectivity index (χ1n) is 11.8. The summed E-state index contributed by atoms with van der Waals surface area (Å²) in [5.74, 6) is -4.07. The third kappa shape index (κ3) is 10.9. The quantitative estimate of drug-likeness (QED) is 0.138. The zero-order valence-electron chi connectivity index (χ0n) is 20.0. The fourth-order valence-electron chi connectivity index (χ4n) is 3.71. The highest BCUT2D eigenvalue weighted by Crippen LogP contribution is 2.10. The van der Waals surface area contributed by atoms with Crippen LogP contribution >= 0.6 is 0 Å². The molecule has 0 radical (unpaired) electrons. The van der Waals surface area contributed by atoms with E-state index in [-0.39, 0.29) is 24.7 Å². The van der Waals surface area contributed by atoms with Gasteiger partial charge in [-0.25, -0.2) is 4.79 Å². The molecule has 4 atom stereocenters. The average molecular weight is 486 g/mol. The van der Waals surface area contributed by atoms with E-state index in [9.17, 15) is 29.1 Å². The Bertz CT molecular complexity index is 710. The van der Waals surface area contributed by atoms with E-state index in [0.717, 1.165) is 6.42 Å². The summed E-state index contributed by atoms with van der Waals surface area (Å²) >= 11 is 0. The van der Waals surface area contributed by atoms with E-state index in [2.05, 4.69) is 21.3 Å². The highest BCUT2D eigenvalue weighted by molar-refractivity contribution is 5.94. The molecule has 1 rings (SSSR count). The van der Waals surface area contributed by atoms with Crippen LogP contribution < -0.4 is 27.0 Å². The Labute approximate surface area is 199 Å². The molecule has 0 spiro atoms. The van der Waals surface area contributed by atoms with Crippen molar-refractivity contribution in [2.75, 3.05) is 13.1 Å². The number of hydrogen-bond acceptors (Lipinski definition) is 7. The molecule has 194 valence electrons. The summed E-state index contributed by atoms with van der Waals surface area (Å²) in [5, 5.41) is 29.2. The Morgan fingerprint density at radius 2 is 1.59 bits per heavy atom. The Hall–Kier alpha value is -2.73. The minimum Gasteiger partial charge on any atom is -0.481 e. The van der Waals surface area contributed by atoms with Gasteiger partial charge >= 0.3 is 11.9 Å². The topological polar surface area (TPSA) is 200 Å². The first kappa shape index (κ1) is 29.3. The maximum Gasteiger partial charge on any atom is 0.326 e. The number of carboxylic acid groups (broad SMARTS) is 2. The van der Waals surface area contributed by atoms with Crippen LogP contribution in [0.3, 0.4) is 0 Å². The van der Waals surface area contributed by atoms with Crippen molar-refractivity contribution in [2.24, 2.45) is 11.7 Å². The molecule has 34 heavy (non-hydrogen) atoms. The molecule has 0 saturated carbocycles. The van der Waals surface area contributed by atoms with Crippen molar-refractivity contribution in [1.82, 2.24) is 21.3 Å². The highest BCUT2D eigenvalue weighted by Gasteiger charge is 2.32. The van der Waals surface area contributed by atoms with Gasteiger partial charge in [0.05, 0.1) is 6.04 Å². The first-order chi connectivity index (χ1) is 16.0. The van der Waals surface area contributed by atoms with Crippen molar-refractivity contribution >= 4 is 29.7 Å². The molecule has 0 aromatic rings. The average Bonchev–Trinajstić information content (AvgIpc) is 3.29.